The number of carboxylic acid groups (broad SMARTS) is 1. The number of anilines is 1. The van der Waals surface area contributed by atoms with Crippen LogP contribution in [0.25, 0.3) is 17.3 Å². The van der Waals surface area contributed by atoms with E-state index >= 15 is 0 Å². The number of rotatable bonds is 5. The number of hydrogen-bond acceptors (Lipinski definition) is 4. The van der Waals surface area contributed by atoms with Gasteiger partial charge in [-0.2, -0.15) is 5.10 Å². The van der Waals surface area contributed by atoms with Crippen LogP contribution in [0.15, 0.2) is 48.2 Å². The Kier molecular flexibility index (Phi) is 5.29. The number of aliphatic carboxylic acids is 1. The molecule has 3 aromatic rings. The van der Waals surface area contributed by atoms with Crippen LogP contribution in [0.1, 0.15) is 48.6 Å². The van der Waals surface area contributed by atoms with Crippen molar-refractivity contribution < 1.29 is 9.90 Å². The molecule has 6 heteroatoms. The fourth-order valence-electron chi connectivity index (χ4n) is 4.86. The molecule has 2 aliphatic rings. The summed E-state index contributed by atoms with van der Waals surface area (Å²) in [6.45, 7) is 5.81. The first-order valence-electron chi connectivity index (χ1n) is 11.3. The highest BCUT2D eigenvalue weighted by atomic mass is 16.4. The molecule has 5 rings (SSSR count). The van der Waals surface area contributed by atoms with Crippen molar-refractivity contribution in [1.29, 1.82) is 0 Å². The monoisotopic (exact) mass is 428 g/mol. The Morgan fingerprint density at radius 3 is 2.91 bits per heavy atom. The van der Waals surface area contributed by atoms with Crippen molar-refractivity contribution >= 4 is 29.1 Å². The van der Waals surface area contributed by atoms with Crippen LogP contribution in [0.3, 0.4) is 0 Å². The Labute approximate surface area is 187 Å². The van der Waals surface area contributed by atoms with Crippen molar-refractivity contribution in [3.05, 3.63) is 70.6 Å². The minimum Gasteiger partial charge on any atom is -0.481 e. The number of carbonyl (C=O) groups is 1. The van der Waals surface area contributed by atoms with E-state index in [2.05, 4.69) is 59.4 Å². The lowest BCUT2D eigenvalue weighted by molar-refractivity contribution is -0.137. The van der Waals surface area contributed by atoms with Gasteiger partial charge in [0.2, 0.25) is 0 Å². The van der Waals surface area contributed by atoms with Gasteiger partial charge in [-0.3, -0.25) is 4.79 Å². The molecule has 1 unspecified atom stereocenters. The fourth-order valence-corrected chi connectivity index (χ4v) is 4.86. The Hall–Kier alpha value is -3.41. The molecule has 3 heterocycles. The number of nitrogens with zero attached hydrogens (tertiary/aromatic N) is 4. The predicted octanol–water partition coefficient (Wildman–Crippen LogP) is 4.77. The second kappa shape index (κ2) is 8.26. The second-order valence-electron chi connectivity index (χ2n) is 8.88. The molecule has 0 saturated carbocycles. The maximum absolute atomic E-state index is 11.1. The summed E-state index contributed by atoms with van der Waals surface area (Å²) >= 11 is 0. The molecule has 1 atom stereocenters. The van der Waals surface area contributed by atoms with Crippen LogP contribution in [-0.2, 0) is 11.2 Å². The third-order valence-electron chi connectivity index (χ3n) is 6.62. The molecule has 1 N–H and O–H groups in total. The molecule has 0 radical (unpaired) electrons. The number of carboxylic acids is 1. The summed E-state index contributed by atoms with van der Waals surface area (Å²) < 4.78 is 1.90. The number of fused-ring (bicyclic) bond motifs is 2. The van der Waals surface area contributed by atoms with Crippen LogP contribution in [0, 0.1) is 12.8 Å². The Balaban J connectivity index is 1.57. The summed E-state index contributed by atoms with van der Waals surface area (Å²) in [5, 5.41) is 13.8. The first-order chi connectivity index (χ1) is 15.5. The maximum atomic E-state index is 11.1. The normalized spacial score (nSPS) is 18.3. The highest BCUT2D eigenvalue weighted by Gasteiger charge is 2.26. The minimum atomic E-state index is -0.728. The van der Waals surface area contributed by atoms with Crippen LogP contribution in [-0.4, -0.2) is 38.8 Å². The summed E-state index contributed by atoms with van der Waals surface area (Å²) in [4.78, 5) is 18.3. The van der Waals surface area contributed by atoms with Crippen LogP contribution >= 0.6 is 0 Å². The molecule has 0 bridgehead atoms. The third kappa shape index (κ3) is 3.81. The second-order valence-corrected chi connectivity index (χ2v) is 8.88. The zero-order valence-electron chi connectivity index (χ0n) is 18.6. The van der Waals surface area contributed by atoms with Gasteiger partial charge in [0, 0.05) is 36.8 Å². The van der Waals surface area contributed by atoms with Gasteiger partial charge in [-0.1, -0.05) is 42.8 Å². The SMILES string of the molecule is CCC1=CC(c2cnn3c(C)cc(N4CCC(CC(=O)O)C4)nc23)=Cc2ccccc2C1. The van der Waals surface area contributed by atoms with E-state index in [0.29, 0.717) is 0 Å². The van der Waals surface area contributed by atoms with E-state index < -0.39 is 5.97 Å². The van der Waals surface area contributed by atoms with Gasteiger partial charge in [0.1, 0.15) is 5.82 Å². The topological polar surface area (TPSA) is 70.7 Å². The fraction of sp³-hybridized carbons (Fsp3) is 0.346. The van der Waals surface area contributed by atoms with E-state index in [1.54, 1.807) is 0 Å². The minimum absolute atomic E-state index is 0.173. The van der Waals surface area contributed by atoms with Gasteiger partial charge in [0.15, 0.2) is 5.65 Å². The van der Waals surface area contributed by atoms with Crippen molar-refractivity contribution in [2.24, 2.45) is 5.92 Å². The first kappa shape index (κ1) is 20.5. The van der Waals surface area contributed by atoms with Crippen LogP contribution in [0.5, 0.6) is 0 Å². The molecular weight excluding hydrogens is 400 g/mol. The van der Waals surface area contributed by atoms with Crippen molar-refractivity contribution in [2.45, 2.75) is 39.5 Å². The van der Waals surface area contributed by atoms with Gasteiger partial charge in [0.05, 0.1) is 6.20 Å². The molecule has 0 spiro atoms. The average Bonchev–Trinajstić information content (AvgIpc) is 3.36. The van der Waals surface area contributed by atoms with Crippen LogP contribution < -0.4 is 4.90 Å². The van der Waals surface area contributed by atoms with Crippen molar-refractivity contribution in [1.82, 2.24) is 14.6 Å². The molecule has 164 valence electrons. The molecule has 2 aromatic heterocycles. The van der Waals surface area contributed by atoms with Crippen molar-refractivity contribution in [2.75, 3.05) is 18.0 Å². The van der Waals surface area contributed by atoms with Crippen molar-refractivity contribution in [3.63, 3.8) is 0 Å². The van der Waals surface area contributed by atoms with E-state index in [-0.39, 0.29) is 12.3 Å². The van der Waals surface area contributed by atoms with Gasteiger partial charge in [-0.15, -0.1) is 0 Å². The molecule has 32 heavy (non-hydrogen) atoms. The quantitative estimate of drug-likeness (QED) is 0.634. The molecular formula is C26H28N4O2. The Morgan fingerprint density at radius 2 is 2.09 bits per heavy atom. The number of aromatic nitrogens is 3. The van der Waals surface area contributed by atoms with Gasteiger partial charge < -0.3 is 10.0 Å². The highest BCUT2D eigenvalue weighted by molar-refractivity contribution is 5.93. The lowest BCUT2D eigenvalue weighted by atomic mass is 10.0. The summed E-state index contributed by atoms with van der Waals surface area (Å²) in [6.07, 6.45) is 9.52. The molecule has 0 amide bonds. The van der Waals surface area contributed by atoms with Crippen LogP contribution in [0.4, 0.5) is 5.82 Å². The molecule has 1 aliphatic carbocycles. The molecule has 1 aliphatic heterocycles. The number of hydrogen-bond donors (Lipinski definition) is 1. The summed E-state index contributed by atoms with van der Waals surface area (Å²) in [7, 11) is 0. The predicted molar refractivity (Wildman–Crippen MR) is 127 cm³/mol. The lowest BCUT2D eigenvalue weighted by Crippen LogP contribution is -2.22. The standard InChI is InChI=1S/C26H28N4O2/c1-3-18-11-20-6-4-5-7-21(20)14-22(12-18)23-15-27-30-17(2)10-24(28-26(23)30)29-9-8-19(16-29)13-25(31)32/h4-7,10,12,14-15,19H,3,8-9,11,13,16H2,1-2H3,(H,31,32). The molecule has 1 fully saturated rings. The van der Waals surface area contributed by atoms with Crippen LogP contribution in [0.2, 0.25) is 0 Å². The van der Waals surface area contributed by atoms with E-state index in [1.165, 1.54) is 16.7 Å². The average molecular weight is 429 g/mol. The maximum Gasteiger partial charge on any atom is 0.303 e. The van der Waals surface area contributed by atoms with E-state index in [4.69, 9.17) is 10.1 Å². The lowest BCUT2D eigenvalue weighted by Gasteiger charge is -2.18. The molecule has 1 aromatic carbocycles. The number of benzene rings is 1. The zero-order chi connectivity index (χ0) is 22.2. The summed E-state index contributed by atoms with van der Waals surface area (Å²) in [5.74, 6) is 0.346. The molecule has 6 nitrogen and oxygen atoms in total. The molecule has 1 saturated heterocycles. The van der Waals surface area contributed by atoms with E-state index in [1.807, 2.05) is 17.6 Å². The first-order valence-corrected chi connectivity index (χ1v) is 11.3. The van der Waals surface area contributed by atoms with Gasteiger partial charge in [-0.25, -0.2) is 9.50 Å². The van der Waals surface area contributed by atoms with Gasteiger partial charge in [0.25, 0.3) is 0 Å². The van der Waals surface area contributed by atoms with Gasteiger partial charge >= 0.3 is 5.97 Å². The smallest absolute Gasteiger partial charge is 0.303 e. The zero-order valence-corrected chi connectivity index (χ0v) is 18.6. The van der Waals surface area contributed by atoms with E-state index in [9.17, 15) is 4.79 Å². The third-order valence-corrected chi connectivity index (χ3v) is 6.62. The Bertz CT molecular complexity index is 1250. The number of allylic oxidation sites excluding steroid dienone is 3. The largest absolute Gasteiger partial charge is 0.481 e. The van der Waals surface area contributed by atoms with Gasteiger partial charge in [-0.05, 0) is 54.9 Å². The number of aryl methyl sites for hydroxylation is 1. The van der Waals surface area contributed by atoms with Crippen molar-refractivity contribution in [3.8, 4) is 0 Å². The Morgan fingerprint density at radius 1 is 1.25 bits per heavy atom. The summed E-state index contributed by atoms with van der Waals surface area (Å²) in [5.41, 5.74) is 8.01. The van der Waals surface area contributed by atoms with E-state index in [0.717, 1.165) is 60.6 Å². The highest BCUT2D eigenvalue weighted by Crippen LogP contribution is 2.32. The summed E-state index contributed by atoms with van der Waals surface area (Å²) in [6, 6.07) is 10.6.